The number of benzene rings is 1. The summed E-state index contributed by atoms with van der Waals surface area (Å²) >= 11 is 6.14. The van der Waals surface area contributed by atoms with Crippen molar-refractivity contribution in [2.75, 3.05) is 31.1 Å². The standard InChI is InChI=1S/C32H44ClN3O5/c1-7-17-34(18-8-2)28(38)25-26-29(39)36(24(20-37)21(5)10-4)27(32(26)16-15-31(25,6)41-32)30(40)35(19-9-3)23-13-11-22(33)12-14-23/h7,9,11-14,21,24-27,37H,1,3,8,10,15-20H2,2,4-6H3/t21-,24-,25+,26-,27?,31-,32?/m0/s1. The number of hydrogen-bond acceptors (Lipinski definition) is 5. The Morgan fingerprint density at radius 3 is 2.39 bits per heavy atom. The highest BCUT2D eigenvalue weighted by atomic mass is 35.5. The maximum Gasteiger partial charge on any atom is 0.253 e. The fraction of sp³-hybridized carbons (Fsp3) is 0.594. The van der Waals surface area contributed by atoms with Crippen molar-refractivity contribution in [2.24, 2.45) is 17.8 Å². The van der Waals surface area contributed by atoms with Crippen molar-refractivity contribution in [3.8, 4) is 0 Å². The molecule has 224 valence electrons. The van der Waals surface area contributed by atoms with E-state index in [1.165, 1.54) is 0 Å². The first-order valence-corrected chi connectivity index (χ1v) is 15.1. The van der Waals surface area contributed by atoms with Gasteiger partial charge in [0.2, 0.25) is 11.8 Å². The number of likely N-dealkylation sites (tertiary alicyclic amines) is 1. The van der Waals surface area contributed by atoms with Gasteiger partial charge in [-0.2, -0.15) is 0 Å². The van der Waals surface area contributed by atoms with Crippen LogP contribution in [0, 0.1) is 17.8 Å². The lowest BCUT2D eigenvalue weighted by Gasteiger charge is -2.41. The topological polar surface area (TPSA) is 90.4 Å². The predicted octanol–water partition coefficient (Wildman–Crippen LogP) is 4.46. The molecule has 8 nitrogen and oxygen atoms in total. The average Bonchev–Trinajstić information content (AvgIpc) is 3.52. The van der Waals surface area contributed by atoms with E-state index in [2.05, 4.69) is 13.2 Å². The molecule has 0 aromatic heterocycles. The van der Waals surface area contributed by atoms with Gasteiger partial charge in [0.1, 0.15) is 11.6 Å². The molecule has 0 saturated carbocycles. The number of aliphatic hydroxyl groups is 1. The summed E-state index contributed by atoms with van der Waals surface area (Å²) in [6, 6.07) is 5.32. The number of anilines is 1. The first kappa shape index (κ1) is 31.3. The minimum Gasteiger partial charge on any atom is -0.394 e. The van der Waals surface area contributed by atoms with Gasteiger partial charge in [-0.05, 0) is 56.4 Å². The van der Waals surface area contributed by atoms with Gasteiger partial charge in [-0.15, -0.1) is 13.2 Å². The molecule has 1 N–H and O–H groups in total. The van der Waals surface area contributed by atoms with Crippen LogP contribution in [0.1, 0.15) is 53.4 Å². The molecule has 3 aliphatic heterocycles. The van der Waals surface area contributed by atoms with Gasteiger partial charge in [-0.3, -0.25) is 14.4 Å². The molecule has 9 heteroatoms. The second-order valence-corrected chi connectivity index (χ2v) is 12.3. The van der Waals surface area contributed by atoms with Crippen molar-refractivity contribution in [2.45, 2.75) is 76.7 Å². The largest absolute Gasteiger partial charge is 0.394 e. The highest BCUT2D eigenvalue weighted by molar-refractivity contribution is 6.30. The number of rotatable bonds is 13. The van der Waals surface area contributed by atoms with E-state index in [1.807, 2.05) is 27.7 Å². The number of hydrogen-bond donors (Lipinski definition) is 1. The number of carbonyl (C=O) groups excluding carboxylic acids is 3. The first-order chi connectivity index (χ1) is 19.5. The molecule has 7 atom stereocenters. The Morgan fingerprint density at radius 2 is 1.83 bits per heavy atom. The van der Waals surface area contributed by atoms with E-state index in [0.717, 1.165) is 6.42 Å². The number of ether oxygens (including phenoxy) is 1. The zero-order valence-electron chi connectivity index (χ0n) is 24.7. The van der Waals surface area contributed by atoms with Crippen molar-refractivity contribution >= 4 is 35.0 Å². The molecule has 3 heterocycles. The fourth-order valence-corrected chi connectivity index (χ4v) is 7.45. The van der Waals surface area contributed by atoms with Crippen LogP contribution in [0.2, 0.25) is 5.02 Å². The van der Waals surface area contributed by atoms with Crippen LogP contribution in [-0.2, 0) is 19.1 Å². The molecule has 0 aliphatic carbocycles. The molecule has 0 radical (unpaired) electrons. The summed E-state index contributed by atoms with van der Waals surface area (Å²) in [5.74, 6) is -2.42. The highest BCUT2D eigenvalue weighted by Crippen LogP contribution is 2.64. The minimum absolute atomic E-state index is 0.0860. The number of amides is 3. The average molecular weight is 586 g/mol. The lowest BCUT2D eigenvalue weighted by atomic mass is 9.66. The summed E-state index contributed by atoms with van der Waals surface area (Å²) in [6.07, 6.45) is 5.81. The number of nitrogens with zero attached hydrogens (tertiary/aromatic N) is 3. The third-order valence-electron chi connectivity index (χ3n) is 9.43. The molecule has 1 aromatic carbocycles. The molecule has 1 spiro atoms. The molecule has 2 unspecified atom stereocenters. The van der Waals surface area contributed by atoms with Crippen LogP contribution < -0.4 is 4.90 Å². The van der Waals surface area contributed by atoms with E-state index in [-0.39, 0.29) is 36.8 Å². The molecule has 1 aromatic rings. The van der Waals surface area contributed by atoms with Crippen LogP contribution in [0.25, 0.3) is 0 Å². The maximum atomic E-state index is 14.7. The van der Waals surface area contributed by atoms with E-state index in [4.69, 9.17) is 16.3 Å². The number of halogens is 1. The monoisotopic (exact) mass is 585 g/mol. The lowest BCUT2D eigenvalue weighted by Crippen LogP contribution is -2.60. The second-order valence-electron chi connectivity index (χ2n) is 11.9. The molecule has 3 amide bonds. The third kappa shape index (κ3) is 5.12. The van der Waals surface area contributed by atoms with Crippen molar-refractivity contribution in [1.82, 2.24) is 9.80 Å². The van der Waals surface area contributed by atoms with Crippen molar-refractivity contribution < 1.29 is 24.2 Å². The zero-order valence-corrected chi connectivity index (χ0v) is 25.5. The Hall–Kier alpha value is -2.68. The SMILES string of the molecule is C=CCN(CCC)C(=O)[C@H]1[C@H]2C(=O)N([C@@H](CO)[C@@H](C)CC)C(C(=O)N(CC=C)c3ccc(Cl)cc3)C23CC[C@]1(C)O3. The van der Waals surface area contributed by atoms with E-state index in [1.54, 1.807) is 51.1 Å². The van der Waals surface area contributed by atoms with Gasteiger partial charge in [-0.1, -0.05) is 50.9 Å². The first-order valence-electron chi connectivity index (χ1n) is 14.8. The Labute approximate surface area is 248 Å². The molecule has 41 heavy (non-hydrogen) atoms. The van der Waals surface area contributed by atoms with Crippen LogP contribution in [0.4, 0.5) is 5.69 Å². The van der Waals surface area contributed by atoms with E-state index in [0.29, 0.717) is 43.1 Å². The molecule has 3 fully saturated rings. The molecule has 4 rings (SSSR count). The smallest absolute Gasteiger partial charge is 0.253 e. The van der Waals surface area contributed by atoms with E-state index in [9.17, 15) is 19.5 Å². The molecule has 2 bridgehead atoms. The van der Waals surface area contributed by atoms with E-state index < -0.39 is 35.1 Å². The third-order valence-corrected chi connectivity index (χ3v) is 9.68. The lowest BCUT2D eigenvalue weighted by molar-refractivity contribution is -0.153. The molecule has 3 aliphatic rings. The zero-order chi connectivity index (χ0) is 30.1. The quantitative estimate of drug-likeness (QED) is 0.345. The van der Waals surface area contributed by atoms with Crippen molar-refractivity contribution in [3.05, 3.63) is 54.6 Å². The van der Waals surface area contributed by atoms with Crippen LogP contribution >= 0.6 is 11.6 Å². The Morgan fingerprint density at radius 1 is 1.17 bits per heavy atom. The number of fused-ring (bicyclic) bond motifs is 1. The number of aliphatic hydroxyl groups excluding tert-OH is 1. The van der Waals surface area contributed by atoms with Crippen LogP contribution in [-0.4, -0.2) is 82.2 Å². The predicted molar refractivity (Wildman–Crippen MR) is 160 cm³/mol. The summed E-state index contributed by atoms with van der Waals surface area (Å²) in [5.41, 5.74) is -1.46. The summed E-state index contributed by atoms with van der Waals surface area (Å²) in [5, 5.41) is 11.1. The summed E-state index contributed by atoms with van der Waals surface area (Å²) in [6.45, 7) is 16.4. The van der Waals surface area contributed by atoms with Crippen LogP contribution in [0.3, 0.4) is 0 Å². The Kier molecular flexibility index (Phi) is 9.36. The minimum atomic E-state index is -1.19. The number of carbonyl (C=O) groups is 3. The Balaban J connectivity index is 1.87. The fourth-order valence-electron chi connectivity index (χ4n) is 7.32. The molecular formula is C32H44ClN3O5. The highest BCUT2D eigenvalue weighted by Gasteiger charge is 2.79. The van der Waals surface area contributed by atoms with Gasteiger partial charge in [0.15, 0.2) is 0 Å². The maximum absolute atomic E-state index is 14.7. The van der Waals surface area contributed by atoms with Gasteiger partial charge in [0.25, 0.3) is 5.91 Å². The molecular weight excluding hydrogens is 542 g/mol. The summed E-state index contributed by atoms with van der Waals surface area (Å²) in [4.78, 5) is 48.4. The van der Waals surface area contributed by atoms with E-state index >= 15 is 0 Å². The van der Waals surface area contributed by atoms with Crippen LogP contribution in [0.5, 0.6) is 0 Å². The van der Waals surface area contributed by atoms with Crippen molar-refractivity contribution in [3.63, 3.8) is 0 Å². The van der Waals surface area contributed by atoms with Gasteiger partial charge < -0.3 is 24.5 Å². The van der Waals surface area contributed by atoms with Gasteiger partial charge >= 0.3 is 0 Å². The van der Waals surface area contributed by atoms with Crippen LogP contribution in [0.15, 0.2) is 49.6 Å². The van der Waals surface area contributed by atoms with Gasteiger partial charge in [0, 0.05) is 30.3 Å². The Bertz CT molecular complexity index is 1170. The van der Waals surface area contributed by atoms with Gasteiger partial charge in [0.05, 0.1) is 30.1 Å². The normalized spacial score (nSPS) is 29.7. The molecule has 3 saturated heterocycles. The summed E-state index contributed by atoms with van der Waals surface area (Å²) < 4.78 is 6.83. The van der Waals surface area contributed by atoms with Crippen molar-refractivity contribution in [1.29, 1.82) is 0 Å². The van der Waals surface area contributed by atoms with Gasteiger partial charge in [-0.25, -0.2) is 0 Å². The summed E-state index contributed by atoms with van der Waals surface area (Å²) in [7, 11) is 0. The second kappa shape index (κ2) is 12.3.